The molecule has 174 valence electrons. The highest BCUT2D eigenvalue weighted by molar-refractivity contribution is 7.99. The molecule has 0 aliphatic carbocycles. The molecular formula is C25H24N4O4S. The third kappa shape index (κ3) is 3.92. The number of rotatable bonds is 7. The van der Waals surface area contributed by atoms with Crippen LogP contribution in [0.15, 0.2) is 53.7 Å². The van der Waals surface area contributed by atoms with E-state index in [1.54, 1.807) is 7.11 Å². The Balaban J connectivity index is 1.34. The van der Waals surface area contributed by atoms with Gasteiger partial charge in [0.15, 0.2) is 28.3 Å². The number of carbonyl (C=O) groups is 1. The number of methoxy groups -OCH3 is 1. The minimum atomic E-state index is 0.0380. The lowest BCUT2D eigenvalue weighted by Gasteiger charge is -2.10. The molecule has 0 N–H and O–H groups in total. The number of aryl methyl sites for hydroxylation is 1. The van der Waals surface area contributed by atoms with E-state index in [4.69, 9.17) is 14.2 Å². The van der Waals surface area contributed by atoms with Gasteiger partial charge < -0.3 is 23.3 Å². The molecule has 1 aliphatic rings. The highest BCUT2D eigenvalue weighted by Crippen LogP contribution is 2.35. The van der Waals surface area contributed by atoms with E-state index in [0.717, 1.165) is 40.0 Å². The van der Waals surface area contributed by atoms with E-state index in [1.807, 2.05) is 74.0 Å². The Morgan fingerprint density at radius 2 is 1.91 bits per heavy atom. The van der Waals surface area contributed by atoms with Gasteiger partial charge in [-0.05, 0) is 44.2 Å². The second-order valence-corrected chi connectivity index (χ2v) is 8.91. The smallest absolute Gasteiger partial charge is 0.231 e. The predicted octanol–water partition coefficient (Wildman–Crippen LogP) is 4.60. The molecule has 0 fully saturated rings. The van der Waals surface area contributed by atoms with Crippen molar-refractivity contribution in [3.63, 3.8) is 0 Å². The lowest BCUT2D eigenvalue weighted by Crippen LogP contribution is -2.06. The highest BCUT2D eigenvalue weighted by atomic mass is 32.2. The maximum absolute atomic E-state index is 13.1. The number of nitrogens with zero attached hydrogens (tertiary/aromatic N) is 4. The van der Waals surface area contributed by atoms with Gasteiger partial charge in [0.2, 0.25) is 6.79 Å². The van der Waals surface area contributed by atoms with Gasteiger partial charge in [-0.1, -0.05) is 23.9 Å². The first-order chi connectivity index (χ1) is 16.5. The second kappa shape index (κ2) is 8.90. The van der Waals surface area contributed by atoms with Crippen LogP contribution >= 0.6 is 11.8 Å². The van der Waals surface area contributed by atoms with Crippen molar-refractivity contribution in [3.05, 3.63) is 65.5 Å². The number of hydrogen-bond donors (Lipinski definition) is 0. The van der Waals surface area contributed by atoms with Gasteiger partial charge in [-0.15, -0.1) is 10.2 Å². The van der Waals surface area contributed by atoms with Crippen molar-refractivity contribution in [3.8, 4) is 34.3 Å². The van der Waals surface area contributed by atoms with Gasteiger partial charge in [0.05, 0.1) is 12.9 Å². The van der Waals surface area contributed by atoms with E-state index in [2.05, 4.69) is 14.8 Å². The number of hydrogen-bond acceptors (Lipinski definition) is 7. The molecule has 0 saturated carbocycles. The zero-order valence-electron chi connectivity index (χ0n) is 19.4. The maximum atomic E-state index is 13.1. The van der Waals surface area contributed by atoms with Crippen molar-refractivity contribution in [2.45, 2.75) is 19.0 Å². The quantitative estimate of drug-likeness (QED) is 0.285. The Hall–Kier alpha value is -3.72. The summed E-state index contributed by atoms with van der Waals surface area (Å²) in [5.74, 6) is 3.21. The van der Waals surface area contributed by atoms with E-state index in [9.17, 15) is 4.79 Å². The normalized spacial score (nSPS) is 12.2. The molecule has 5 rings (SSSR count). The van der Waals surface area contributed by atoms with Crippen molar-refractivity contribution in [1.29, 1.82) is 0 Å². The number of ether oxygens (including phenoxy) is 3. The summed E-state index contributed by atoms with van der Waals surface area (Å²) in [5.41, 5.74) is 4.39. The summed E-state index contributed by atoms with van der Waals surface area (Å²) in [6.45, 7) is 4.17. The number of Topliss-reactive ketones (excluding diaryl/α,β-unsaturated/α-hetero) is 1. The fourth-order valence-electron chi connectivity index (χ4n) is 4.13. The number of aromatic nitrogens is 4. The number of ketones is 1. The van der Waals surface area contributed by atoms with Gasteiger partial charge in [0.25, 0.3) is 0 Å². The average molecular weight is 477 g/mol. The number of benzene rings is 2. The predicted molar refractivity (Wildman–Crippen MR) is 129 cm³/mol. The molecule has 34 heavy (non-hydrogen) atoms. The van der Waals surface area contributed by atoms with Crippen molar-refractivity contribution in [1.82, 2.24) is 19.3 Å². The van der Waals surface area contributed by atoms with Crippen LogP contribution in [0.4, 0.5) is 0 Å². The molecule has 8 nitrogen and oxygen atoms in total. The Morgan fingerprint density at radius 3 is 2.74 bits per heavy atom. The Labute approximate surface area is 201 Å². The highest BCUT2D eigenvalue weighted by Gasteiger charge is 2.21. The molecule has 2 aromatic carbocycles. The molecule has 9 heteroatoms. The molecule has 0 atom stereocenters. The Bertz CT molecular complexity index is 1390. The van der Waals surface area contributed by atoms with Crippen LogP contribution < -0.4 is 14.2 Å². The van der Waals surface area contributed by atoms with Gasteiger partial charge in [-0.2, -0.15) is 0 Å². The van der Waals surface area contributed by atoms with Crippen LogP contribution in [0.25, 0.3) is 17.1 Å². The molecule has 0 spiro atoms. The molecule has 0 amide bonds. The molecule has 0 unspecified atom stereocenters. The monoisotopic (exact) mass is 476 g/mol. The van der Waals surface area contributed by atoms with Crippen LogP contribution in [-0.2, 0) is 7.05 Å². The zero-order valence-corrected chi connectivity index (χ0v) is 20.2. The van der Waals surface area contributed by atoms with Crippen molar-refractivity contribution in [2.75, 3.05) is 19.7 Å². The molecule has 1 aliphatic heterocycles. The Morgan fingerprint density at radius 1 is 1.09 bits per heavy atom. The SMILES string of the molecule is COc1cccc(-c2nnc(SCC(=O)c3cc(C)n(-c4ccc5c(c4)OCO5)c3C)n2C)c1. The van der Waals surface area contributed by atoms with Crippen molar-refractivity contribution < 1.29 is 19.0 Å². The molecule has 3 heterocycles. The van der Waals surface area contributed by atoms with E-state index >= 15 is 0 Å². The van der Waals surface area contributed by atoms with Gasteiger partial charge in [0.1, 0.15) is 5.75 Å². The third-order valence-electron chi connectivity index (χ3n) is 5.84. The first-order valence-electron chi connectivity index (χ1n) is 10.7. The summed E-state index contributed by atoms with van der Waals surface area (Å²) in [4.78, 5) is 13.1. The van der Waals surface area contributed by atoms with Crippen LogP contribution in [0.3, 0.4) is 0 Å². The van der Waals surface area contributed by atoms with Crippen LogP contribution in [0.5, 0.6) is 17.2 Å². The summed E-state index contributed by atoms with van der Waals surface area (Å²) in [5, 5.41) is 9.28. The number of carbonyl (C=O) groups excluding carboxylic acids is 1. The van der Waals surface area contributed by atoms with Crippen LogP contribution in [0.1, 0.15) is 21.7 Å². The van der Waals surface area contributed by atoms with Crippen LogP contribution in [0.2, 0.25) is 0 Å². The zero-order chi connectivity index (χ0) is 23.8. The number of thioether (sulfide) groups is 1. The van der Waals surface area contributed by atoms with Gasteiger partial charge in [-0.25, -0.2) is 0 Å². The minimum Gasteiger partial charge on any atom is -0.497 e. The summed E-state index contributed by atoms with van der Waals surface area (Å²) < 4.78 is 20.2. The van der Waals surface area contributed by atoms with Gasteiger partial charge in [0, 0.05) is 41.3 Å². The second-order valence-electron chi connectivity index (χ2n) is 7.97. The fourth-order valence-corrected chi connectivity index (χ4v) is 4.92. The van der Waals surface area contributed by atoms with Crippen LogP contribution in [-0.4, -0.2) is 44.8 Å². The average Bonchev–Trinajstić information content (AvgIpc) is 3.54. The largest absolute Gasteiger partial charge is 0.497 e. The lowest BCUT2D eigenvalue weighted by molar-refractivity contribution is 0.102. The van der Waals surface area contributed by atoms with Gasteiger partial charge in [-0.3, -0.25) is 4.79 Å². The summed E-state index contributed by atoms with van der Waals surface area (Å²) in [6.07, 6.45) is 0. The first-order valence-corrected chi connectivity index (χ1v) is 11.7. The van der Waals surface area contributed by atoms with Crippen LogP contribution in [0, 0.1) is 13.8 Å². The van der Waals surface area contributed by atoms with E-state index in [0.29, 0.717) is 16.5 Å². The molecule has 4 aromatic rings. The van der Waals surface area contributed by atoms with E-state index in [1.165, 1.54) is 11.8 Å². The molecule has 0 saturated heterocycles. The van der Waals surface area contributed by atoms with E-state index < -0.39 is 0 Å². The summed E-state index contributed by atoms with van der Waals surface area (Å²) >= 11 is 1.37. The topological polar surface area (TPSA) is 80.4 Å². The molecule has 2 aromatic heterocycles. The molecule has 0 bridgehead atoms. The third-order valence-corrected chi connectivity index (χ3v) is 6.86. The van der Waals surface area contributed by atoms with E-state index in [-0.39, 0.29) is 18.3 Å². The molecule has 0 radical (unpaired) electrons. The standard InChI is InChI=1S/C25H24N4O4S/c1-15-10-20(16(2)29(15)18-8-9-22-23(12-18)33-14-32-22)21(30)13-34-25-27-26-24(28(25)3)17-6-5-7-19(11-17)31-4/h5-12H,13-14H2,1-4H3. The van der Waals surface area contributed by atoms with Crippen molar-refractivity contribution >= 4 is 17.5 Å². The summed E-state index contributed by atoms with van der Waals surface area (Å²) in [6, 6.07) is 15.4. The Kier molecular flexibility index (Phi) is 5.79. The first kappa shape index (κ1) is 22.1. The summed E-state index contributed by atoms with van der Waals surface area (Å²) in [7, 11) is 3.53. The maximum Gasteiger partial charge on any atom is 0.231 e. The lowest BCUT2D eigenvalue weighted by atomic mass is 10.2. The molecular weight excluding hydrogens is 452 g/mol. The van der Waals surface area contributed by atoms with Gasteiger partial charge >= 0.3 is 0 Å². The minimum absolute atomic E-state index is 0.0380. The van der Waals surface area contributed by atoms with Crippen molar-refractivity contribution in [2.24, 2.45) is 7.05 Å². The fraction of sp³-hybridized carbons (Fsp3) is 0.240. The number of fused-ring (bicyclic) bond motifs is 1.